The molecule has 7 heteroatoms. The van der Waals surface area contributed by atoms with Crippen molar-refractivity contribution in [2.75, 3.05) is 6.61 Å². The summed E-state index contributed by atoms with van der Waals surface area (Å²) in [6.45, 7) is -0.298. The number of halogens is 3. The van der Waals surface area contributed by atoms with Crippen molar-refractivity contribution in [1.29, 1.82) is 0 Å². The minimum Gasteiger partial charge on any atom is -0.396 e. The smallest absolute Gasteiger partial charge is 0.396 e. The van der Waals surface area contributed by atoms with Crippen LogP contribution in [-0.4, -0.2) is 22.6 Å². The van der Waals surface area contributed by atoms with Crippen molar-refractivity contribution in [3.8, 4) is 0 Å². The molecule has 1 aromatic heterocycles. The molecule has 0 aliphatic heterocycles. The van der Waals surface area contributed by atoms with Gasteiger partial charge in [-0.2, -0.15) is 13.2 Å². The van der Waals surface area contributed by atoms with Crippen LogP contribution in [0.15, 0.2) is 12.1 Å². The summed E-state index contributed by atoms with van der Waals surface area (Å²) in [7, 11) is 0. The summed E-state index contributed by atoms with van der Waals surface area (Å²) in [5.41, 5.74) is 3.47. The van der Waals surface area contributed by atoms with Crippen LogP contribution in [0.2, 0.25) is 0 Å². The zero-order valence-corrected chi connectivity index (χ0v) is 8.08. The number of aliphatic hydroxyl groups is 1. The Balaban J connectivity index is 3.23. The first-order valence-corrected chi connectivity index (χ1v) is 4.34. The van der Waals surface area contributed by atoms with Gasteiger partial charge in [0.05, 0.1) is 0 Å². The number of carbonyl (C=O) groups is 1. The predicted octanol–water partition coefficient (Wildman–Crippen LogP) is 0.734. The van der Waals surface area contributed by atoms with Crippen LogP contribution in [0, 0.1) is 0 Å². The minimum absolute atomic E-state index is 0.0312. The van der Waals surface area contributed by atoms with Crippen molar-refractivity contribution in [2.45, 2.75) is 12.6 Å². The second-order valence-corrected chi connectivity index (χ2v) is 3.04. The number of hydrogen-bond donors (Lipinski definition) is 2. The molecule has 16 heavy (non-hydrogen) atoms. The molecule has 0 spiro atoms. The number of aliphatic hydroxyl groups excluding tert-OH is 1. The van der Waals surface area contributed by atoms with E-state index < -0.39 is 23.5 Å². The van der Waals surface area contributed by atoms with Crippen LogP contribution in [0.5, 0.6) is 0 Å². The number of alkyl halides is 3. The van der Waals surface area contributed by atoms with Gasteiger partial charge >= 0.3 is 6.18 Å². The van der Waals surface area contributed by atoms with Gasteiger partial charge in [0.15, 0.2) is 0 Å². The molecule has 1 aromatic rings. The summed E-state index contributed by atoms with van der Waals surface area (Å²) in [6, 6.07) is 1.84. The van der Waals surface area contributed by atoms with E-state index in [1.54, 1.807) is 0 Å². The highest BCUT2D eigenvalue weighted by Crippen LogP contribution is 2.28. The molecule has 0 fully saturated rings. The summed E-state index contributed by atoms with van der Waals surface area (Å²) in [4.78, 5) is 14.0. The quantitative estimate of drug-likeness (QED) is 0.809. The molecule has 3 N–H and O–H groups in total. The van der Waals surface area contributed by atoms with Crippen LogP contribution in [-0.2, 0) is 12.6 Å². The van der Waals surface area contributed by atoms with Crippen LogP contribution in [0.1, 0.15) is 21.7 Å². The number of pyridine rings is 1. The molecule has 1 rings (SSSR count). The van der Waals surface area contributed by atoms with E-state index in [-0.39, 0.29) is 18.6 Å². The molecule has 0 saturated heterocycles. The topological polar surface area (TPSA) is 76.2 Å². The average Bonchev–Trinajstić information content (AvgIpc) is 2.16. The van der Waals surface area contributed by atoms with E-state index in [4.69, 9.17) is 10.8 Å². The SMILES string of the molecule is NC(=O)c1nc(C(F)(F)F)ccc1CCO. The highest BCUT2D eigenvalue weighted by molar-refractivity contribution is 5.92. The van der Waals surface area contributed by atoms with Gasteiger partial charge in [-0.05, 0) is 18.1 Å². The molecule has 0 bridgehead atoms. The lowest BCUT2D eigenvalue weighted by Gasteiger charge is -2.09. The third-order valence-electron chi connectivity index (χ3n) is 1.88. The monoisotopic (exact) mass is 234 g/mol. The molecular formula is C9H9F3N2O2. The first-order valence-electron chi connectivity index (χ1n) is 4.34. The van der Waals surface area contributed by atoms with Crippen molar-refractivity contribution in [2.24, 2.45) is 5.73 Å². The van der Waals surface area contributed by atoms with Crippen LogP contribution < -0.4 is 5.73 Å². The van der Waals surface area contributed by atoms with Crippen LogP contribution in [0.3, 0.4) is 0 Å². The number of rotatable bonds is 3. The predicted molar refractivity (Wildman–Crippen MR) is 48.5 cm³/mol. The molecule has 0 atom stereocenters. The Hall–Kier alpha value is -1.63. The second kappa shape index (κ2) is 4.48. The number of carbonyl (C=O) groups excluding carboxylic acids is 1. The lowest BCUT2D eigenvalue weighted by atomic mass is 10.1. The Morgan fingerprint density at radius 3 is 2.50 bits per heavy atom. The van der Waals surface area contributed by atoms with Crippen molar-refractivity contribution < 1.29 is 23.1 Å². The van der Waals surface area contributed by atoms with E-state index >= 15 is 0 Å². The van der Waals surface area contributed by atoms with Gasteiger partial charge in [-0.3, -0.25) is 4.79 Å². The summed E-state index contributed by atoms with van der Waals surface area (Å²) < 4.78 is 36.9. The number of nitrogens with zero attached hydrogens (tertiary/aromatic N) is 1. The summed E-state index contributed by atoms with van der Waals surface area (Å²) in [6.07, 6.45) is -4.59. The van der Waals surface area contributed by atoms with Crippen molar-refractivity contribution in [3.63, 3.8) is 0 Å². The van der Waals surface area contributed by atoms with Gasteiger partial charge in [0.1, 0.15) is 11.4 Å². The largest absolute Gasteiger partial charge is 0.433 e. The summed E-state index contributed by atoms with van der Waals surface area (Å²) in [5, 5.41) is 8.65. The molecule has 1 heterocycles. The third-order valence-corrected chi connectivity index (χ3v) is 1.88. The molecule has 4 nitrogen and oxygen atoms in total. The maximum absolute atomic E-state index is 12.3. The normalized spacial score (nSPS) is 11.5. The van der Waals surface area contributed by atoms with Gasteiger partial charge in [-0.25, -0.2) is 4.98 Å². The minimum atomic E-state index is -4.62. The maximum atomic E-state index is 12.3. The average molecular weight is 234 g/mol. The van der Waals surface area contributed by atoms with E-state index in [1.165, 1.54) is 0 Å². The standard InChI is InChI=1S/C9H9F3N2O2/c10-9(11,12)6-2-1-5(3-4-15)7(14-6)8(13)16/h1-2,15H,3-4H2,(H2,13,16). The molecule has 88 valence electrons. The third kappa shape index (κ3) is 2.69. The zero-order valence-electron chi connectivity index (χ0n) is 8.08. The lowest BCUT2D eigenvalue weighted by Crippen LogP contribution is -2.20. The van der Waals surface area contributed by atoms with E-state index in [0.29, 0.717) is 0 Å². The van der Waals surface area contributed by atoms with Crippen molar-refractivity contribution in [1.82, 2.24) is 4.98 Å². The van der Waals surface area contributed by atoms with Crippen LogP contribution >= 0.6 is 0 Å². The number of primary amides is 1. The number of aromatic nitrogens is 1. The molecule has 0 radical (unpaired) electrons. The number of amides is 1. The van der Waals surface area contributed by atoms with E-state index in [0.717, 1.165) is 12.1 Å². The molecule has 0 unspecified atom stereocenters. The highest BCUT2D eigenvalue weighted by Gasteiger charge is 2.33. The fraction of sp³-hybridized carbons (Fsp3) is 0.333. The number of hydrogen-bond acceptors (Lipinski definition) is 3. The Morgan fingerprint density at radius 1 is 1.44 bits per heavy atom. The van der Waals surface area contributed by atoms with Gasteiger partial charge in [-0.15, -0.1) is 0 Å². The fourth-order valence-corrected chi connectivity index (χ4v) is 1.18. The van der Waals surface area contributed by atoms with Crippen LogP contribution in [0.4, 0.5) is 13.2 Å². The first kappa shape index (κ1) is 12.4. The van der Waals surface area contributed by atoms with E-state index in [1.807, 2.05) is 0 Å². The summed E-state index contributed by atoms with van der Waals surface area (Å²) in [5.74, 6) is -1.05. The highest BCUT2D eigenvalue weighted by atomic mass is 19.4. The second-order valence-electron chi connectivity index (χ2n) is 3.04. The summed E-state index contributed by atoms with van der Waals surface area (Å²) >= 11 is 0. The number of nitrogens with two attached hydrogens (primary N) is 1. The molecule has 0 saturated carbocycles. The molecule has 1 amide bonds. The van der Waals surface area contributed by atoms with Gasteiger partial charge in [-0.1, -0.05) is 6.07 Å². The van der Waals surface area contributed by atoms with Gasteiger partial charge in [0.2, 0.25) is 0 Å². The Kier molecular flexibility index (Phi) is 3.48. The van der Waals surface area contributed by atoms with Crippen molar-refractivity contribution >= 4 is 5.91 Å². The van der Waals surface area contributed by atoms with Crippen LogP contribution in [0.25, 0.3) is 0 Å². The van der Waals surface area contributed by atoms with E-state index in [2.05, 4.69) is 4.98 Å². The van der Waals surface area contributed by atoms with Crippen molar-refractivity contribution in [3.05, 3.63) is 29.1 Å². The lowest BCUT2D eigenvalue weighted by molar-refractivity contribution is -0.141. The zero-order chi connectivity index (χ0) is 12.3. The van der Waals surface area contributed by atoms with Gasteiger partial charge in [0.25, 0.3) is 5.91 Å². The molecule has 0 aromatic carbocycles. The molecule has 0 aliphatic carbocycles. The Labute approximate surface area is 88.9 Å². The fourth-order valence-electron chi connectivity index (χ4n) is 1.18. The Morgan fingerprint density at radius 2 is 2.06 bits per heavy atom. The first-order chi connectivity index (χ1) is 7.36. The van der Waals surface area contributed by atoms with Gasteiger partial charge < -0.3 is 10.8 Å². The maximum Gasteiger partial charge on any atom is 0.433 e. The Bertz CT molecular complexity index is 404. The van der Waals surface area contributed by atoms with Gasteiger partial charge in [0, 0.05) is 6.61 Å². The molecular weight excluding hydrogens is 225 g/mol. The molecule has 0 aliphatic rings. The van der Waals surface area contributed by atoms with E-state index in [9.17, 15) is 18.0 Å².